The van der Waals surface area contributed by atoms with Gasteiger partial charge in [0, 0.05) is 61.2 Å². The van der Waals surface area contributed by atoms with Crippen molar-refractivity contribution in [1.82, 2.24) is 25.7 Å². The van der Waals surface area contributed by atoms with E-state index in [9.17, 15) is 9.59 Å². The van der Waals surface area contributed by atoms with E-state index in [1.165, 1.54) is 28.2 Å². The van der Waals surface area contributed by atoms with E-state index in [1.807, 2.05) is 18.2 Å². The van der Waals surface area contributed by atoms with Crippen molar-refractivity contribution in [3.63, 3.8) is 0 Å². The summed E-state index contributed by atoms with van der Waals surface area (Å²) in [6.45, 7) is 1.56. The van der Waals surface area contributed by atoms with Crippen LogP contribution in [0.1, 0.15) is 50.8 Å². The first-order valence-electron chi connectivity index (χ1n) is 12.5. The number of hydroxylamine groups is 1. The largest absolute Gasteiger partial charge is 0.363 e. The van der Waals surface area contributed by atoms with Crippen molar-refractivity contribution in [1.29, 1.82) is 0 Å². The van der Waals surface area contributed by atoms with Gasteiger partial charge in [0.15, 0.2) is 0 Å². The second-order valence-electron chi connectivity index (χ2n) is 9.39. The summed E-state index contributed by atoms with van der Waals surface area (Å²) in [5.74, 6) is -0.654. The maximum Gasteiger partial charge on any atom is 0.267 e. The van der Waals surface area contributed by atoms with Gasteiger partial charge in [0.25, 0.3) is 11.8 Å². The summed E-state index contributed by atoms with van der Waals surface area (Å²) in [5, 5.41) is 12.7. The minimum Gasteiger partial charge on any atom is -0.363 e. The second kappa shape index (κ2) is 10.9. The summed E-state index contributed by atoms with van der Waals surface area (Å²) in [7, 11) is 1.64. The van der Waals surface area contributed by atoms with Crippen LogP contribution in [0.15, 0.2) is 67.0 Å². The van der Waals surface area contributed by atoms with Gasteiger partial charge >= 0.3 is 0 Å². The predicted octanol–water partition coefficient (Wildman–Crippen LogP) is 4.11. The SMILES string of the molecule is CNC(=O)c1c[nH]c(CN(CCc2c[nH]c3ccccc23)C2CCc3cc(/C=C/C(=O)NO)ccc32)c1. The lowest BCUT2D eigenvalue weighted by Crippen LogP contribution is -2.29. The zero-order chi connectivity index (χ0) is 25.8. The van der Waals surface area contributed by atoms with E-state index in [4.69, 9.17) is 5.21 Å². The molecule has 1 atom stereocenters. The van der Waals surface area contributed by atoms with Crippen LogP contribution in [0.2, 0.25) is 0 Å². The number of carbonyl (C=O) groups is 2. The topological polar surface area (TPSA) is 113 Å². The van der Waals surface area contributed by atoms with Gasteiger partial charge < -0.3 is 15.3 Å². The number of nitrogens with one attached hydrogen (secondary N) is 4. The van der Waals surface area contributed by atoms with E-state index in [1.54, 1.807) is 24.8 Å². The number of rotatable bonds is 9. The van der Waals surface area contributed by atoms with Gasteiger partial charge in [-0.15, -0.1) is 0 Å². The molecule has 5 N–H and O–H groups in total. The number of amides is 2. The Balaban J connectivity index is 1.39. The molecule has 2 aromatic carbocycles. The molecule has 1 aliphatic rings. The summed E-state index contributed by atoms with van der Waals surface area (Å²) in [6, 6.07) is 16.8. The summed E-state index contributed by atoms with van der Waals surface area (Å²) >= 11 is 0. The molecule has 0 fully saturated rings. The number of para-hydroxylation sites is 1. The molecule has 2 heterocycles. The number of nitrogens with zero attached hydrogens (tertiary/aromatic N) is 1. The first kappa shape index (κ1) is 24.5. The third-order valence-corrected chi connectivity index (χ3v) is 7.14. The van der Waals surface area contributed by atoms with E-state index in [0.29, 0.717) is 12.1 Å². The molecule has 8 heteroatoms. The molecular weight excluding hydrogens is 466 g/mol. The van der Waals surface area contributed by atoms with Crippen LogP contribution in [0.5, 0.6) is 0 Å². The lowest BCUT2D eigenvalue weighted by molar-refractivity contribution is -0.124. The number of fused-ring (bicyclic) bond motifs is 2. The zero-order valence-electron chi connectivity index (χ0n) is 20.8. The Morgan fingerprint density at radius 2 is 2.00 bits per heavy atom. The van der Waals surface area contributed by atoms with Crippen molar-refractivity contribution < 1.29 is 14.8 Å². The third kappa shape index (κ3) is 5.35. The van der Waals surface area contributed by atoms with Crippen molar-refractivity contribution >= 4 is 28.8 Å². The lowest BCUT2D eigenvalue weighted by atomic mass is 10.0. The van der Waals surface area contributed by atoms with E-state index in [2.05, 4.69) is 56.7 Å². The summed E-state index contributed by atoms with van der Waals surface area (Å²) < 4.78 is 0. The molecule has 0 saturated heterocycles. The Morgan fingerprint density at radius 1 is 1.14 bits per heavy atom. The van der Waals surface area contributed by atoms with Crippen LogP contribution in [-0.2, 0) is 24.2 Å². The summed E-state index contributed by atoms with van der Waals surface area (Å²) in [6.07, 6.45) is 9.73. The highest BCUT2D eigenvalue weighted by molar-refractivity contribution is 5.94. The van der Waals surface area contributed by atoms with Gasteiger partial charge in [-0.2, -0.15) is 0 Å². The van der Waals surface area contributed by atoms with Crippen molar-refractivity contribution in [2.24, 2.45) is 0 Å². The van der Waals surface area contributed by atoms with Crippen molar-refractivity contribution in [3.8, 4) is 0 Å². The Kier molecular flexibility index (Phi) is 7.20. The van der Waals surface area contributed by atoms with E-state index < -0.39 is 5.91 Å². The molecule has 0 radical (unpaired) electrons. The molecule has 2 aromatic heterocycles. The predicted molar refractivity (Wildman–Crippen MR) is 143 cm³/mol. The maximum atomic E-state index is 12.1. The molecule has 190 valence electrons. The van der Waals surface area contributed by atoms with E-state index in [-0.39, 0.29) is 11.9 Å². The number of aryl methyl sites for hydroxylation is 1. The van der Waals surface area contributed by atoms with Gasteiger partial charge in [-0.25, -0.2) is 5.48 Å². The normalized spacial score (nSPS) is 14.9. The van der Waals surface area contributed by atoms with Crippen LogP contribution in [-0.4, -0.2) is 45.5 Å². The molecule has 4 aromatic rings. The molecular formula is C29H31N5O3. The zero-order valence-corrected chi connectivity index (χ0v) is 20.8. The number of benzene rings is 2. The van der Waals surface area contributed by atoms with Crippen LogP contribution in [0.4, 0.5) is 0 Å². The molecule has 2 amide bonds. The number of hydrogen-bond donors (Lipinski definition) is 5. The Hall–Kier alpha value is -4.14. The van der Waals surface area contributed by atoms with Gasteiger partial charge in [-0.3, -0.25) is 19.7 Å². The molecule has 5 rings (SSSR count). The van der Waals surface area contributed by atoms with Gasteiger partial charge in [-0.05, 0) is 59.7 Å². The van der Waals surface area contributed by atoms with Crippen LogP contribution >= 0.6 is 0 Å². The van der Waals surface area contributed by atoms with Crippen LogP contribution in [0, 0.1) is 0 Å². The monoisotopic (exact) mass is 497 g/mol. The number of carbonyl (C=O) groups excluding carboxylic acids is 2. The third-order valence-electron chi connectivity index (χ3n) is 7.14. The fourth-order valence-corrected chi connectivity index (χ4v) is 5.28. The Bertz CT molecular complexity index is 1450. The molecule has 8 nitrogen and oxygen atoms in total. The fourth-order valence-electron chi connectivity index (χ4n) is 5.28. The van der Waals surface area contributed by atoms with Crippen molar-refractivity contribution in [3.05, 3.63) is 101 Å². The minimum atomic E-state index is -0.552. The van der Waals surface area contributed by atoms with Gasteiger partial charge in [0.1, 0.15) is 0 Å². The Labute approximate surface area is 215 Å². The fraction of sp³-hybridized carbons (Fsp3) is 0.241. The molecule has 0 aliphatic heterocycles. The first-order valence-corrected chi connectivity index (χ1v) is 12.5. The van der Waals surface area contributed by atoms with Crippen LogP contribution in [0.25, 0.3) is 17.0 Å². The standard InChI is InChI=1S/C29H31N5O3/c1-30-29(36)22-15-23(31-17-22)18-34(13-12-21-16-32-26-5-3-2-4-24(21)26)27-10-8-20-14-19(6-9-25(20)27)7-11-28(35)33-37/h2-7,9,11,14-17,27,31-32,37H,8,10,12-13,18H2,1H3,(H,30,36)(H,33,35)/b11-7+. The van der Waals surface area contributed by atoms with Crippen LogP contribution in [0.3, 0.4) is 0 Å². The van der Waals surface area contributed by atoms with Gasteiger partial charge in [-0.1, -0.05) is 36.4 Å². The van der Waals surface area contributed by atoms with Gasteiger partial charge in [0.2, 0.25) is 0 Å². The number of H-pyrrole nitrogens is 2. The highest BCUT2D eigenvalue weighted by Gasteiger charge is 2.28. The number of aromatic amines is 2. The molecule has 0 bridgehead atoms. The average molecular weight is 498 g/mol. The molecule has 1 unspecified atom stereocenters. The molecule has 0 spiro atoms. The quantitative estimate of drug-likeness (QED) is 0.136. The average Bonchev–Trinajstić information content (AvgIpc) is 3.67. The minimum absolute atomic E-state index is 0.102. The second-order valence-corrected chi connectivity index (χ2v) is 9.39. The summed E-state index contributed by atoms with van der Waals surface area (Å²) in [5.41, 5.74) is 9.17. The van der Waals surface area contributed by atoms with Crippen molar-refractivity contribution in [2.45, 2.75) is 31.8 Å². The molecule has 37 heavy (non-hydrogen) atoms. The Morgan fingerprint density at radius 3 is 2.84 bits per heavy atom. The molecule has 0 saturated carbocycles. The highest BCUT2D eigenvalue weighted by atomic mass is 16.5. The van der Waals surface area contributed by atoms with Gasteiger partial charge in [0.05, 0.1) is 5.56 Å². The first-order chi connectivity index (χ1) is 18.1. The van der Waals surface area contributed by atoms with E-state index in [0.717, 1.165) is 42.6 Å². The van der Waals surface area contributed by atoms with E-state index >= 15 is 0 Å². The van der Waals surface area contributed by atoms with Crippen molar-refractivity contribution in [2.75, 3.05) is 13.6 Å². The lowest BCUT2D eigenvalue weighted by Gasteiger charge is -2.29. The highest BCUT2D eigenvalue weighted by Crippen LogP contribution is 2.37. The summed E-state index contributed by atoms with van der Waals surface area (Å²) in [4.78, 5) is 32.6. The smallest absolute Gasteiger partial charge is 0.267 e. The number of aromatic nitrogens is 2. The van der Waals surface area contributed by atoms with Crippen LogP contribution < -0.4 is 10.8 Å². The molecule has 1 aliphatic carbocycles. The maximum absolute atomic E-state index is 12.1. The number of hydrogen-bond acceptors (Lipinski definition) is 4.